The van der Waals surface area contributed by atoms with Gasteiger partial charge in [0, 0.05) is 47.3 Å². The number of likely N-dealkylation sites (N-methyl/N-ethyl adjacent to an activating group) is 2. The van der Waals surface area contributed by atoms with Crippen LogP contribution in [0.2, 0.25) is 0 Å². The lowest BCUT2D eigenvalue weighted by Crippen LogP contribution is -2.47. The van der Waals surface area contributed by atoms with E-state index in [4.69, 9.17) is 0 Å². The molecule has 0 saturated carbocycles. The van der Waals surface area contributed by atoms with Crippen molar-refractivity contribution >= 4 is 41.8 Å². The first kappa shape index (κ1) is 23.9. The van der Waals surface area contributed by atoms with Gasteiger partial charge in [-0.3, -0.25) is 14.5 Å². The largest absolute Gasteiger partial charge is 0.347 e. The zero-order chi connectivity index (χ0) is 19.1. The number of likely N-dealkylation sites (tertiary alicyclic amines) is 2. The zero-order valence-corrected chi connectivity index (χ0v) is 19.4. The number of halogens is 1. The molecule has 1 unspecified atom stereocenters. The highest BCUT2D eigenvalue weighted by Crippen LogP contribution is 2.20. The number of piperidine rings is 1. The molecule has 2 aliphatic rings. The number of carbonyl (C=O) groups is 2. The predicted octanol–water partition coefficient (Wildman–Crippen LogP) is 0.287. The van der Waals surface area contributed by atoms with E-state index >= 15 is 0 Å². The van der Waals surface area contributed by atoms with Gasteiger partial charge in [-0.25, -0.2) is 4.99 Å². The molecule has 0 bridgehead atoms. The average molecular weight is 494 g/mol. The van der Waals surface area contributed by atoms with Crippen molar-refractivity contribution in [1.82, 2.24) is 24.9 Å². The summed E-state index contributed by atoms with van der Waals surface area (Å²) in [5.41, 5.74) is 0. The van der Waals surface area contributed by atoms with Crippen LogP contribution >= 0.6 is 24.0 Å². The number of guanidine groups is 1. The van der Waals surface area contributed by atoms with Crippen LogP contribution in [0.25, 0.3) is 0 Å². The van der Waals surface area contributed by atoms with Gasteiger partial charge in [-0.1, -0.05) is 6.42 Å². The number of nitrogens with zero attached hydrogens (tertiary/aromatic N) is 5. The summed E-state index contributed by atoms with van der Waals surface area (Å²) in [5.74, 6) is 0.605. The molecule has 2 heterocycles. The number of carbonyl (C=O) groups excluding carboxylic acids is 2. The molecule has 0 aromatic carbocycles. The highest BCUT2D eigenvalue weighted by Gasteiger charge is 2.30. The first-order valence-electron chi connectivity index (χ1n) is 9.56. The van der Waals surface area contributed by atoms with Crippen LogP contribution in [0.4, 0.5) is 0 Å². The van der Waals surface area contributed by atoms with Gasteiger partial charge in [0.15, 0.2) is 5.96 Å². The van der Waals surface area contributed by atoms with E-state index in [1.54, 1.807) is 33.1 Å². The second kappa shape index (κ2) is 11.7. The van der Waals surface area contributed by atoms with Crippen molar-refractivity contribution in [2.45, 2.75) is 31.7 Å². The van der Waals surface area contributed by atoms with Crippen LogP contribution in [0.15, 0.2) is 4.99 Å². The van der Waals surface area contributed by atoms with Gasteiger partial charge in [0.2, 0.25) is 11.8 Å². The van der Waals surface area contributed by atoms with E-state index < -0.39 is 0 Å². The van der Waals surface area contributed by atoms with Gasteiger partial charge < -0.3 is 20.0 Å². The molecule has 1 N–H and O–H groups in total. The lowest BCUT2D eigenvalue weighted by atomic mass is 10.1. The summed E-state index contributed by atoms with van der Waals surface area (Å²) in [6.07, 6.45) is 5.00. The minimum atomic E-state index is -0.0463. The average Bonchev–Trinajstić information content (AvgIpc) is 3.11. The van der Waals surface area contributed by atoms with E-state index in [0.717, 1.165) is 19.5 Å². The maximum atomic E-state index is 11.9. The summed E-state index contributed by atoms with van der Waals surface area (Å²) in [5, 5.41) is 3.16. The Hall–Kier alpha value is -1.10. The molecular formula is C18H35IN6O2. The van der Waals surface area contributed by atoms with Crippen LogP contribution in [-0.4, -0.2) is 111 Å². The Morgan fingerprint density at radius 2 is 1.63 bits per heavy atom. The standard InChI is InChI=1S/C18H34N6O2.HI/c1-21(2)16(25)12-19-18(20-13-17(26)22(3)4)24-11-8-15(14-24)23-9-6-5-7-10-23;/h15H,5-14H2,1-4H3,(H,19,20);1H. The molecule has 0 radical (unpaired) electrons. The van der Waals surface area contributed by atoms with Crippen molar-refractivity contribution in [1.29, 1.82) is 0 Å². The molecule has 2 rings (SSSR count). The Labute approximate surface area is 180 Å². The number of hydrogen-bond donors (Lipinski definition) is 1. The summed E-state index contributed by atoms with van der Waals surface area (Å²) < 4.78 is 0. The Kier molecular flexibility index (Phi) is 10.4. The Morgan fingerprint density at radius 1 is 1.00 bits per heavy atom. The van der Waals surface area contributed by atoms with Crippen LogP contribution in [0.5, 0.6) is 0 Å². The molecule has 0 aromatic rings. The second-order valence-corrected chi connectivity index (χ2v) is 7.55. The summed E-state index contributed by atoms with van der Waals surface area (Å²) in [6, 6.07) is 0.538. The third-order valence-electron chi connectivity index (χ3n) is 5.13. The molecule has 2 amide bonds. The highest BCUT2D eigenvalue weighted by atomic mass is 127. The minimum Gasteiger partial charge on any atom is -0.347 e. The summed E-state index contributed by atoms with van der Waals surface area (Å²) in [4.78, 5) is 36.2. The Balaban J connectivity index is 0.00000364. The van der Waals surface area contributed by atoms with Gasteiger partial charge >= 0.3 is 0 Å². The van der Waals surface area contributed by atoms with Crippen LogP contribution in [-0.2, 0) is 9.59 Å². The smallest absolute Gasteiger partial charge is 0.243 e. The second-order valence-electron chi connectivity index (χ2n) is 7.55. The molecule has 8 nitrogen and oxygen atoms in total. The van der Waals surface area contributed by atoms with Crippen molar-refractivity contribution in [3.05, 3.63) is 0 Å². The lowest BCUT2D eigenvalue weighted by Gasteiger charge is -2.32. The maximum Gasteiger partial charge on any atom is 0.243 e. The van der Waals surface area contributed by atoms with Gasteiger partial charge in [0.05, 0.1) is 6.54 Å². The first-order chi connectivity index (χ1) is 12.4. The van der Waals surface area contributed by atoms with Crippen molar-refractivity contribution in [3.63, 3.8) is 0 Å². The van der Waals surface area contributed by atoms with Crippen molar-refractivity contribution in [2.24, 2.45) is 4.99 Å². The molecule has 1 atom stereocenters. The summed E-state index contributed by atoms with van der Waals surface area (Å²) in [6.45, 7) is 4.44. The van der Waals surface area contributed by atoms with Crippen molar-refractivity contribution in [2.75, 3.05) is 67.5 Å². The normalized spacial score (nSPS) is 20.8. The number of amides is 2. The van der Waals surface area contributed by atoms with Crippen LogP contribution in [0, 0.1) is 0 Å². The molecule has 0 aliphatic carbocycles. The van der Waals surface area contributed by atoms with Gasteiger partial charge in [-0.15, -0.1) is 24.0 Å². The van der Waals surface area contributed by atoms with Gasteiger partial charge in [0.1, 0.15) is 6.54 Å². The first-order valence-corrected chi connectivity index (χ1v) is 9.56. The van der Waals surface area contributed by atoms with E-state index in [9.17, 15) is 9.59 Å². The van der Waals surface area contributed by atoms with Crippen LogP contribution in [0.1, 0.15) is 25.7 Å². The van der Waals surface area contributed by atoms with E-state index in [-0.39, 0.29) is 48.9 Å². The van der Waals surface area contributed by atoms with Crippen molar-refractivity contribution in [3.8, 4) is 0 Å². The summed E-state index contributed by atoms with van der Waals surface area (Å²) >= 11 is 0. The van der Waals surface area contributed by atoms with Crippen LogP contribution < -0.4 is 5.32 Å². The SMILES string of the molecule is CN(C)C(=O)CN=C(NCC(=O)N(C)C)N1CCC(N2CCCCC2)C1.I. The van der Waals surface area contributed by atoms with E-state index in [1.807, 2.05) is 0 Å². The fraction of sp³-hybridized carbons (Fsp3) is 0.833. The molecule has 0 spiro atoms. The van der Waals surface area contributed by atoms with Gasteiger partial charge in [-0.2, -0.15) is 0 Å². The number of hydrogen-bond acceptors (Lipinski definition) is 4. The Morgan fingerprint density at radius 3 is 2.22 bits per heavy atom. The van der Waals surface area contributed by atoms with Gasteiger partial charge in [0.25, 0.3) is 0 Å². The Bertz CT molecular complexity index is 520. The molecular weight excluding hydrogens is 459 g/mol. The number of nitrogens with one attached hydrogen (secondary N) is 1. The quantitative estimate of drug-likeness (QED) is 0.338. The van der Waals surface area contributed by atoms with E-state index in [1.165, 1.54) is 37.3 Å². The monoisotopic (exact) mass is 494 g/mol. The fourth-order valence-corrected chi connectivity index (χ4v) is 3.38. The molecule has 2 saturated heterocycles. The number of aliphatic imine (C=N–C) groups is 1. The van der Waals surface area contributed by atoms with E-state index in [2.05, 4.69) is 20.1 Å². The third kappa shape index (κ3) is 7.44. The topological polar surface area (TPSA) is 71.5 Å². The lowest BCUT2D eigenvalue weighted by molar-refractivity contribution is -0.127. The molecule has 156 valence electrons. The zero-order valence-electron chi connectivity index (χ0n) is 17.1. The fourth-order valence-electron chi connectivity index (χ4n) is 3.38. The number of rotatable bonds is 5. The third-order valence-corrected chi connectivity index (χ3v) is 5.13. The predicted molar refractivity (Wildman–Crippen MR) is 119 cm³/mol. The molecule has 27 heavy (non-hydrogen) atoms. The van der Waals surface area contributed by atoms with Gasteiger partial charge in [-0.05, 0) is 32.4 Å². The molecule has 2 aliphatic heterocycles. The van der Waals surface area contributed by atoms with Crippen molar-refractivity contribution < 1.29 is 9.59 Å². The maximum absolute atomic E-state index is 11.9. The molecule has 2 fully saturated rings. The summed E-state index contributed by atoms with van der Waals surface area (Å²) in [7, 11) is 6.92. The molecule has 0 aromatic heterocycles. The minimum absolute atomic E-state index is 0. The van der Waals surface area contributed by atoms with E-state index in [0.29, 0.717) is 12.0 Å². The molecule has 9 heteroatoms. The highest BCUT2D eigenvalue weighted by molar-refractivity contribution is 14.0. The van der Waals surface area contributed by atoms with Crippen LogP contribution in [0.3, 0.4) is 0 Å².